The summed E-state index contributed by atoms with van der Waals surface area (Å²) in [6.45, 7) is 5.56. The van der Waals surface area contributed by atoms with Crippen molar-refractivity contribution in [1.29, 1.82) is 5.26 Å². The van der Waals surface area contributed by atoms with E-state index in [9.17, 15) is 10.1 Å². The van der Waals surface area contributed by atoms with E-state index in [0.717, 1.165) is 22.4 Å². The lowest BCUT2D eigenvalue weighted by Crippen LogP contribution is -2.67. The second-order valence-corrected chi connectivity index (χ2v) is 8.38. The van der Waals surface area contributed by atoms with Gasteiger partial charge in [-0.15, -0.1) is 5.26 Å². The summed E-state index contributed by atoms with van der Waals surface area (Å²) in [5.41, 5.74) is 9.15. The first-order valence-electron chi connectivity index (χ1n) is 11.1. The number of hydrogen-bond acceptors (Lipinski definition) is 7. The summed E-state index contributed by atoms with van der Waals surface area (Å²) in [6, 6.07) is 6.53. The second kappa shape index (κ2) is 9.46. The molecule has 2 atom stereocenters. The first-order valence-corrected chi connectivity index (χ1v) is 11.1. The number of guanidine groups is 1. The van der Waals surface area contributed by atoms with E-state index in [2.05, 4.69) is 36.4 Å². The number of nitrogens with zero attached hydrogens (tertiary/aromatic N) is 6. The largest absolute Gasteiger partial charge is 0.395 e. The Morgan fingerprint density at radius 2 is 2.29 bits per heavy atom. The van der Waals surface area contributed by atoms with Crippen LogP contribution in [0.15, 0.2) is 41.8 Å². The molecule has 3 heterocycles. The van der Waals surface area contributed by atoms with E-state index in [-0.39, 0.29) is 35.5 Å². The fourth-order valence-electron chi connectivity index (χ4n) is 4.33. The van der Waals surface area contributed by atoms with E-state index in [4.69, 9.17) is 10.8 Å². The summed E-state index contributed by atoms with van der Waals surface area (Å²) < 4.78 is -0.127. The predicted octanol–water partition coefficient (Wildman–Crippen LogP) is 1.14. The molecule has 34 heavy (non-hydrogen) atoms. The van der Waals surface area contributed by atoms with Gasteiger partial charge in [0.05, 0.1) is 30.8 Å². The molecule has 5 N–H and O–H groups in total. The van der Waals surface area contributed by atoms with Gasteiger partial charge in [0.25, 0.3) is 5.91 Å². The lowest BCUT2D eigenvalue weighted by Gasteiger charge is -2.42. The fourth-order valence-corrected chi connectivity index (χ4v) is 4.33. The van der Waals surface area contributed by atoms with Crippen molar-refractivity contribution in [3.05, 3.63) is 47.9 Å². The molecule has 11 heteroatoms. The average molecular weight is 463 g/mol. The number of nitrogens with one attached hydrogen (secondary N) is 2. The number of aromatic amines is 1. The lowest BCUT2D eigenvalue weighted by molar-refractivity contribution is -0.802. The summed E-state index contributed by atoms with van der Waals surface area (Å²) in [5.74, 6) is 0.698. The van der Waals surface area contributed by atoms with Gasteiger partial charge in [-0.25, -0.2) is 9.97 Å². The van der Waals surface area contributed by atoms with Crippen LogP contribution in [0.2, 0.25) is 0 Å². The number of aromatic nitrogens is 3. The number of anilines is 1. The van der Waals surface area contributed by atoms with Gasteiger partial charge in [0, 0.05) is 18.3 Å². The lowest BCUT2D eigenvalue weighted by atomic mass is 10.1. The van der Waals surface area contributed by atoms with E-state index < -0.39 is 0 Å². The van der Waals surface area contributed by atoms with Crippen molar-refractivity contribution in [3.8, 4) is 6.19 Å². The molecular formula is C23H28N9O2+. The minimum Gasteiger partial charge on any atom is -0.395 e. The number of benzene rings is 1. The number of aryl methyl sites for hydroxylation is 1. The predicted molar refractivity (Wildman–Crippen MR) is 128 cm³/mol. The molecule has 2 aromatic heterocycles. The molecule has 0 radical (unpaired) electrons. The molecule has 1 amide bonds. The van der Waals surface area contributed by atoms with Gasteiger partial charge in [0.2, 0.25) is 0 Å². The molecule has 1 fully saturated rings. The zero-order valence-electron chi connectivity index (χ0n) is 19.2. The number of amides is 1. The first kappa shape index (κ1) is 23.2. The van der Waals surface area contributed by atoms with Crippen LogP contribution in [-0.4, -0.2) is 75.2 Å². The van der Waals surface area contributed by atoms with Crippen molar-refractivity contribution in [2.45, 2.75) is 19.9 Å². The zero-order valence-corrected chi connectivity index (χ0v) is 19.2. The number of quaternary nitrogens is 1. The van der Waals surface area contributed by atoms with Gasteiger partial charge in [0.15, 0.2) is 0 Å². The van der Waals surface area contributed by atoms with Crippen LogP contribution >= 0.6 is 0 Å². The van der Waals surface area contributed by atoms with E-state index in [1.54, 1.807) is 30.6 Å². The Balaban J connectivity index is 1.58. The Hall–Kier alpha value is -4.01. The highest BCUT2D eigenvalue weighted by Gasteiger charge is 2.45. The van der Waals surface area contributed by atoms with Crippen LogP contribution < -0.4 is 16.0 Å². The van der Waals surface area contributed by atoms with Crippen LogP contribution in [-0.2, 0) is 0 Å². The highest BCUT2D eigenvalue weighted by Crippen LogP contribution is 2.30. The molecule has 1 aromatic carbocycles. The maximum atomic E-state index is 12.2. The standard InChI is InChI=1S/C23H27N9O2/c1-15-11-27-20-19(15)21(29-14-28-20)31-7-8-32(13-24,16(2)12-31)23(25)30-18-5-3-4-17(10-18)22(34)26-6-9-33/h3-5,10-11,14,16,33H,6-9,12H2,1-2H3,(H3-,25,26,27,28,29,30,34)/p+1/t16?,32-/m0/s1. The summed E-state index contributed by atoms with van der Waals surface area (Å²) in [7, 11) is 0. The number of carbonyl (C=O) groups excluding carboxylic acids is 1. The monoisotopic (exact) mass is 462 g/mol. The van der Waals surface area contributed by atoms with Crippen LogP contribution in [0.3, 0.4) is 0 Å². The number of aliphatic hydroxyl groups excluding tert-OH is 1. The van der Waals surface area contributed by atoms with Crippen LogP contribution in [0.5, 0.6) is 0 Å². The van der Waals surface area contributed by atoms with Gasteiger partial charge >= 0.3 is 12.2 Å². The molecule has 1 saturated heterocycles. The second-order valence-electron chi connectivity index (χ2n) is 8.38. The van der Waals surface area contributed by atoms with E-state index in [1.165, 1.54) is 0 Å². The molecule has 0 spiro atoms. The van der Waals surface area contributed by atoms with Crippen molar-refractivity contribution in [2.24, 2.45) is 10.7 Å². The molecule has 4 rings (SSSR count). The van der Waals surface area contributed by atoms with Gasteiger partial charge in [-0.2, -0.15) is 9.48 Å². The summed E-state index contributed by atoms with van der Waals surface area (Å²) in [6.07, 6.45) is 5.83. The SMILES string of the molecule is Cc1c[nH]c2ncnc(N3CC[N@@+](C#N)(C(N)=Nc4cccc(C(=O)NCCO)c4)C(C)C3)c12. The number of hydrogen-bond donors (Lipinski definition) is 4. The smallest absolute Gasteiger partial charge is 0.317 e. The van der Waals surface area contributed by atoms with Gasteiger partial charge in [-0.3, -0.25) is 4.79 Å². The Kier molecular flexibility index (Phi) is 6.45. The molecule has 1 unspecified atom stereocenters. The van der Waals surface area contributed by atoms with Crippen LogP contribution in [0, 0.1) is 18.4 Å². The maximum absolute atomic E-state index is 12.2. The summed E-state index contributed by atoms with van der Waals surface area (Å²) in [5, 5.41) is 22.7. The zero-order chi connectivity index (χ0) is 24.3. The highest BCUT2D eigenvalue weighted by molar-refractivity contribution is 5.95. The number of fused-ring (bicyclic) bond motifs is 1. The summed E-state index contributed by atoms with van der Waals surface area (Å²) >= 11 is 0. The fraction of sp³-hybridized carbons (Fsp3) is 0.348. The number of nitrogens with two attached hydrogens (primary N) is 1. The van der Waals surface area contributed by atoms with E-state index >= 15 is 0 Å². The Morgan fingerprint density at radius 3 is 3.03 bits per heavy atom. The van der Waals surface area contributed by atoms with Crippen molar-refractivity contribution in [2.75, 3.05) is 37.7 Å². The van der Waals surface area contributed by atoms with Crippen molar-refractivity contribution in [3.63, 3.8) is 0 Å². The number of nitriles is 1. The molecule has 1 aliphatic heterocycles. The number of aliphatic hydroxyl groups is 1. The van der Waals surface area contributed by atoms with Crippen LogP contribution in [0.4, 0.5) is 11.5 Å². The molecule has 11 nitrogen and oxygen atoms in total. The molecule has 176 valence electrons. The van der Waals surface area contributed by atoms with Crippen molar-refractivity contribution >= 4 is 34.4 Å². The summed E-state index contributed by atoms with van der Waals surface area (Å²) in [4.78, 5) is 30.9. The number of H-pyrrole nitrogens is 1. The van der Waals surface area contributed by atoms with Crippen LogP contribution in [0.25, 0.3) is 11.0 Å². The van der Waals surface area contributed by atoms with E-state index in [0.29, 0.717) is 30.9 Å². The van der Waals surface area contributed by atoms with Crippen molar-refractivity contribution in [1.82, 2.24) is 20.3 Å². The highest BCUT2D eigenvalue weighted by atomic mass is 16.3. The van der Waals surface area contributed by atoms with E-state index in [1.807, 2.05) is 20.0 Å². The quantitative estimate of drug-likeness (QED) is 0.192. The molecule has 0 aliphatic carbocycles. The third-order valence-electron chi connectivity index (χ3n) is 6.24. The Morgan fingerprint density at radius 1 is 1.47 bits per heavy atom. The topological polar surface area (TPSA) is 156 Å². The third kappa shape index (κ3) is 4.16. The van der Waals surface area contributed by atoms with Crippen LogP contribution in [0.1, 0.15) is 22.8 Å². The number of rotatable bonds is 5. The third-order valence-corrected chi connectivity index (χ3v) is 6.24. The molecule has 0 bridgehead atoms. The van der Waals surface area contributed by atoms with Gasteiger partial charge in [0.1, 0.15) is 30.4 Å². The minimum absolute atomic E-state index is 0.127. The van der Waals surface area contributed by atoms with Gasteiger partial charge in [-0.1, -0.05) is 6.07 Å². The number of piperazine rings is 1. The normalized spacial score (nSPS) is 20.8. The Bertz CT molecular complexity index is 1280. The Labute approximate surface area is 197 Å². The first-order chi connectivity index (χ1) is 16.4. The molecule has 0 saturated carbocycles. The van der Waals surface area contributed by atoms with Gasteiger partial charge in [-0.05, 0) is 37.6 Å². The van der Waals surface area contributed by atoms with Gasteiger partial charge < -0.3 is 26.0 Å². The molecule has 3 aromatic rings. The van der Waals surface area contributed by atoms with Crippen molar-refractivity contribution < 1.29 is 14.4 Å². The molecular weight excluding hydrogens is 434 g/mol. The number of aliphatic imine (C=N–C) groups is 1. The molecule has 1 aliphatic rings. The number of carbonyl (C=O) groups is 1. The average Bonchev–Trinajstić information content (AvgIpc) is 3.23. The maximum Gasteiger partial charge on any atom is 0.317 e. The minimum atomic E-state index is -0.313.